The monoisotopic (exact) mass is 347 g/mol. The topological polar surface area (TPSA) is 62.3 Å². The van der Waals surface area contributed by atoms with Crippen LogP contribution in [0.3, 0.4) is 0 Å². The molecule has 0 atom stereocenters. The molecule has 106 valence electrons. The number of aromatic nitrogens is 1. The van der Waals surface area contributed by atoms with E-state index >= 15 is 0 Å². The molecule has 1 aromatic rings. The molecular formula is C12H18BrN3O2S. The molecule has 1 saturated carbocycles. The molecule has 0 saturated heterocycles. The second-order valence-electron chi connectivity index (χ2n) is 4.47. The van der Waals surface area contributed by atoms with Crippen molar-refractivity contribution in [2.45, 2.75) is 37.6 Å². The normalized spacial score (nSPS) is 15.8. The van der Waals surface area contributed by atoms with Gasteiger partial charge >= 0.3 is 0 Å². The highest BCUT2D eigenvalue weighted by Crippen LogP contribution is 2.34. The maximum atomic E-state index is 12.7. The number of anilines is 1. The average molecular weight is 348 g/mol. The van der Waals surface area contributed by atoms with Gasteiger partial charge < -0.3 is 5.32 Å². The lowest BCUT2D eigenvalue weighted by molar-refractivity contribution is 0.421. The predicted molar refractivity (Wildman–Crippen MR) is 78.7 cm³/mol. The third-order valence-corrected chi connectivity index (χ3v) is 5.49. The highest BCUT2D eigenvalue weighted by Gasteiger charge is 2.38. The maximum absolute atomic E-state index is 12.7. The molecule has 2 rings (SSSR count). The van der Waals surface area contributed by atoms with E-state index in [0.29, 0.717) is 23.4 Å². The number of pyridine rings is 1. The van der Waals surface area contributed by atoms with Crippen LogP contribution in [0.5, 0.6) is 0 Å². The van der Waals surface area contributed by atoms with Crippen LogP contribution >= 0.6 is 15.9 Å². The molecule has 1 fully saturated rings. The summed E-state index contributed by atoms with van der Waals surface area (Å²) in [5.41, 5.74) is 0. The Balaban J connectivity index is 2.46. The van der Waals surface area contributed by atoms with Gasteiger partial charge in [-0.3, -0.25) is 0 Å². The summed E-state index contributed by atoms with van der Waals surface area (Å²) < 4.78 is 27.7. The fourth-order valence-electron chi connectivity index (χ4n) is 2.03. The first-order chi connectivity index (χ1) is 9.00. The highest BCUT2D eigenvalue weighted by molar-refractivity contribution is 9.10. The van der Waals surface area contributed by atoms with Crippen molar-refractivity contribution in [1.82, 2.24) is 9.29 Å². The summed E-state index contributed by atoms with van der Waals surface area (Å²) in [5.74, 6) is 0.421. The number of hydrogen-bond donors (Lipinski definition) is 1. The average Bonchev–Trinajstić information content (AvgIpc) is 3.16. The molecule has 0 aliphatic heterocycles. The molecule has 1 aromatic heterocycles. The zero-order valence-electron chi connectivity index (χ0n) is 11.1. The van der Waals surface area contributed by atoms with Crippen LogP contribution in [0.15, 0.2) is 21.6 Å². The van der Waals surface area contributed by atoms with Gasteiger partial charge in [-0.1, -0.05) is 6.92 Å². The molecule has 19 heavy (non-hydrogen) atoms. The minimum atomic E-state index is -3.48. The Morgan fingerprint density at radius 3 is 2.68 bits per heavy atom. The zero-order valence-corrected chi connectivity index (χ0v) is 13.5. The van der Waals surface area contributed by atoms with E-state index in [0.717, 1.165) is 12.8 Å². The quantitative estimate of drug-likeness (QED) is 0.858. The fraction of sp³-hybridized carbons (Fsp3) is 0.583. The van der Waals surface area contributed by atoms with Crippen molar-refractivity contribution in [1.29, 1.82) is 0 Å². The smallest absolute Gasteiger partial charge is 0.247 e. The van der Waals surface area contributed by atoms with E-state index in [1.54, 1.807) is 16.6 Å². The second-order valence-corrected chi connectivity index (χ2v) is 7.24. The van der Waals surface area contributed by atoms with Gasteiger partial charge in [-0.05, 0) is 41.8 Å². The third-order valence-electron chi connectivity index (χ3n) is 3.02. The van der Waals surface area contributed by atoms with Crippen LogP contribution in [0.25, 0.3) is 0 Å². The molecule has 1 heterocycles. The van der Waals surface area contributed by atoms with Gasteiger partial charge in [-0.15, -0.1) is 0 Å². The molecule has 0 amide bonds. The molecule has 0 unspecified atom stereocenters. The van der Waals surface area contributed by atoms with Crippen LogP contribution in [-0.2, 0) is 10.0 Å². The Bertz CT molecular complexity index is 558. The van der Waals surface area contributed by atoms with Gasteiger partial charge in [0.05, 0.1) is 0 Å². The largest absolute Gasteiger partial charge is 0.369 e. The standard InChI is InChI=1S/C12H18BrN3O2S/c1-3-14-12-11(7-9(13)8-15-12)19(17,18)16(4-2)10-5-6-10/h7-8,10H,3-6H2,1-2H3,(H,14,15). The van der Waals surface area contributed by atoms with Gasteiger partial charge in [0.1, 0.15) is 10.7 Å². The molecular weight excluding hydrogens is 330 g/mol. The van der Waals surface area contributed by atoms with Crippen LogP contribution in [0.4, 0.5) is 5.82 Å². The fourth-order valence-corrected chi connectivity index (χ4v) is 4.35. The van der Waals surface area contributed by atoms with Crippen LogP contribution in [-0.4, -0.2) is 36.8 Å². The lowest BCUT2D eigenvalue weighted by Crippen LogP contribution is -2.33. The molecule has 0 spiro atoms. The van der Waals surface area contributed by atoms with E-state index in [4.69, 9.17) is 0 Å². The van der Waals surface area contributed by atoms with E-state index in [1.165, 1.54) is 0 Å². The summed E-state index contributed by atoms with van der Waals surface area (Å²) in [5, 5.41) is 3.01. The Morgan fingerprint density at radius 2 is 2.16 bits per heavy atom. The van der Waals surface area contributed by atoms with Gasteiger partial charge in [-0.2, -0.15) is 4.31 Å². The molecule has 0 radical (unpaired) electrons. The van der Waals surface area contributed by atoms with Gasteiger partial charge in [0.2, 0.25) is 10.0 Å². The molecule has 1 aliphatic carbocycles. The van der Waals surface area contributed by atoms with E-state index < -0.39 is 10.0 Å². The molecule has 1 aliphatic rings. The zero-order chi connectivity index (χ0) is 14.0. The highest BCUT2D eigenvalue weighted by atomic mass is 79.9. The summed E-state index contributed by atoms with van der Waals surface area (Å²) >= 11 is 3.29. The first kappa shape index (κ1) is 14.7. The Hall–Kier alpha value is -0.660. The Kier molecular flexibility index (Phi) is 4.47. The van der Waals surface area contributed by atoms with Crippen LogP contribution in [0.1, 0.15) is 26.7 Å². The third kappa shape index (κ3) is 3.09. The summed E-state index contributed by atoms with van der Waals surface area (Å²) in [6, 6.07) is 1.77. The van der Waals surface area contributed by atoms with Crippen molar-refractivity contribution in [2.24, 2.45) is 0 Å². The first-order valence-corrected chi connectivity index (χ1v) is 8.65. The van der Waals surface area contributed by atoms with E-state index in [1.807, 2.05) is 13.8 Å². The minimum Gasteiger partial charge on any atom is -0.369 e. The number of sulfonamides is 1. The van der Waals surface area contributed by atoms with Crippen molar-refractivity contribution < 1.29 is 8.42 Å². The molecule has 0 aromatic carbocycles. The van der Waals surface area contributed by atoms with Crippen molar-refractivity contribution in [3.8, 4) is 0 Å². The van der Waals surface area contributed by atoms with Crippen LogP contribution in [0.2, 0.25) is 0 Å². The lowest BCUT2D eigenvalue weighted by Gasteiger charge is -2.21. The molecule has 5 nitrogen and oxygen atoms in total. The number of halogens is 1. The Morgan fingerprint density at radius 1 is 1.47 bits per heavy atom. The molecule has 1 N–H and O–H groups in total. The number of nitrogens with one attached hydrogen (secondary N) is 1. The number of hydrogen-bond acceptors (Lipinski definition) is 4. The maximum Gasteiger partial charge on any atom is 0.247 e. The SMILES string of the molecule is CCNc1ncc(Br)cc1S(=O)(=O)N(CC)C1CC1. The molecule has 0 bridgehead atoms. The predicted octanol–water partition coefficient (Wildman–Crippen LogP) is 2.45. The van der Waals surface area contributed by atoms with Crippen molar-refractivity contribution >= 4 is 31.8 Å². The number of nitrogens with zero attached hydrogens (tertiary/aromatic N) is 2. The molecule has 7 heteroatoms. The van der Waals surface area contributed by atoms with Crippen LogP contribution in [0, 0.1) is 0 Å². The first-order valence-electron chi connectivity index (χ1n) is 6.42. The van der Waals surface area contributed by atoms with Crippen molar-refractivity contribution in [2.75, 3.05) is 18.4 Å². The van der Waals surface area contributed by atoms with Gasteiger partial charge in [0, 0.05) is 29.8 Å². The lowest BCUT2D eigenvalue weighted by atomic mass is 10.4. The summed E-state index contributed by atoms with van der Waals surface area (Å²) in [6.45, 7) is 4.91. The minimum absolute atomic E-state index is 0.156. The van der Waals surface area contributed by atoms with Gasteiger partial charge in [0.25, 0.3) is 0 Å². The Labute approximate surface area is 122 Å². The van der Waals surface area contributed by atoms with Crippen LogP contribution < -0.4 is 5.32 Å². The van der Waals surface area contributed by atoms with Crippen molar-refractivity contribution in [3.63, 3.8) is 0 Å². The van der Waals surface area contributed by atoms with E-state index in [9.17, 15) is 8.42 Å². The van der Waals surface area contributed by atoms with E-state index in [2.05, 4.69) is 26.2 Å². The van der Waals surface area contributed by atoms with Gasteiger partial charge in [0.15, 0.2) is 0 Å². The second kappa shape index (κ2) is 5.76. The summed E-state index contributed by atoms with van der Waals surface area (Å²) in [6.07, 6.45) is 3.50. The van der Waals surface area contributed by atoms with Crippen molar-refractivity contribution in [3.05, 3.63) is 16.7 Å². The number of rotatable bonds is 6. The van der Waals surface area contributed by atoms with E-state index in [-0.39, 0.29) is 10.9 Å². The van der Waals surface area contributed by atoms with Gasteiger partial charge in [-0.25, -0.2) is 13.4 Å². The summed E-state index contributed by atoms with van der Waals surface area (Å²) in [4.78, 5) is 4.41. The summed E-state index contributed by atoms with van der Waals surface area (Å²) in [7, 11) is -3.48.